The van der Waals surface area contributed by atoms with Crippen molar-refractivity contribution in [2.75, 3.05) is 0 Å². The van der Waals surface area contributed by atoms with E-state index >= 15 is 0 Å². The number of rotatable bonds is 6. The summed E-state index contributed by atoms with van der Waals surface area (Å²) >= 11 is 0. The Balaban J connectivity index is 2.29. The van der Waals surface area contributed by atoms with Gasteiger partial charge in [-0.15, -0.1) is 0 Å². The third kappa shape index (κ3) is 3.67. The first-order valence-corrected chi connectivity index (χ1v) is 10.7. The Labute approximate surface area is 147 Å². The first-order chi connectivity index (χ1) is 10.7. The lowest BCUT2D eigenvalue weighted by Gasteiger charge is -2.63. The zero-order valence-electron chi connectivity index (χ0n) is 17.4. The molecule has 3 rings (SSSR count). The van der Waals surface area contributed by atoms with Gasteiger partial charge in [0.05, 0.1) is 0 Å². The van der Waals surface area contributed by atoms with Crippen LogP contribution in [0.2, 0.25) is 0 Å². The van der Waals surface area contributed by atoms with Gasteiger partial charge in [0.2, 0.25) is 0 Å². The predicted octanol–water partition coefficient (Wildman–Crippen LogP) is 7.43. The summed E-state index contributed by atoms with van der Waals surface area (Å²) in [6, 6.07) is 0. The molecule has 0 amide bonds. The van der Waals surface area contributed by atoms with Crippen molar-refractivity contribution in [3.63, 3.8) is 0 Å². The largest absolute Gasteiger partial charge is 0.0654 e. The van der Waals surface area contributed by atoms with Crippen LogP contribution < -0.4 is 0 Å². The van der Waals surface area contributed by atoms with E-state index in [1.54, 1.807) is 0 Å². The fourth-order valence-corrected chi connectivity index (χ4v) is 6.61. The molecule has 3 aliphatic rings. The highest BCUT2D eigenvalue weighted by Gasteiger charge is 2.57. The van der Waals surface area contributed by atoms with Gasteiger partial charge in [-0.2, -0.15) is 0 Å². The Kier molecular flexibility index (Phi) is 6.29. The molecule has 0 N–H and O–H groups in total. The van der Waals surface area contributed by atoms with Gasteiger partial charge in [-0.1, -0.05) is 74.7 Å². The standard InChI is InChI=1S/C23H44/c1-9-11-12-19-16(4)14-23(7,8)18(6)21-17(5)22(19)20(21)13-15(3)10-2/h15-22H,9-14H2,1-8H3. The van der Waals surface area contributed by atoms with E-state index in [0.717, 1.165) is 47.3 Å². The van der Waals surface area contributed by atoms with E-state index in [0.29, 0.717) is 5.41 Å². The lowest BCUT2D eigenvalue weighted by Crippen LogP contribution is -2.57. The van der Waals surface area contributed by atoms with E-state index in [4.69, 9.17) is 0 Å². The Hall–Kier alpha value is 0. The van der Waals surface area contributed by atoms with Gasteiger partial charge in [0.25, 0.3) is 0 Å². The van der Waals surface area contributed by atoms with Gasteiger partial charge in [0, 0.05) is 0 Å². The molecule has 8 atom stereocenters. The van der Waals surface area contributed by atoms with Gasteiger partial charge in [0.15, 0.2) is 0 Å². The van der Waals surface area contributed by atoms with Crippen molar-refractivity contribution in [3.05, 3.63) is 0 Å². The second-order valence-electron chi connectivity index (χ2n) is 10.2. The van der Waals surface area contributed by atoms with Crippen LogP contribution in [-0.2, 0) is 0 Å². The van der Waals surface area contributed by atoms with Gasteiger partial charge >= 0.3 is 0 Å². The molecule has 8 unspecified atom stereocenters. The van der Waals surface area contributed by atoms with Crippen LogP contribution in [0.3, 0.4) is 0 Å². The Morgan fingerprint density at radius 3 is 2.22 bits per heavy atom. The maximum atomic E-state index is 2.60. The van der Waals surface area contributed by atoms with Crippen LogP contribution in [0.25, 0.3) is 0 Å². The van der Waals surface area contributed by atoms with E-state index in [2.05, 4.69) is 55.4 Å². The van der Waals surface area contributed by atoms with Crippen LogP contribution in [0, 0.1) is 52.8 Å². The summed E-state index contributed by atoms with van der Waals surface area (Å²) in [5.41, 5.74) is 0.516. The van der Waals surface area contributed by atoms with Crippen molar-refractivity contribution in [2.45, 2.75) is 93.9 Å². The van der Waals surface area contributed by atoms with Crippen LogP contribution in [0.15, 0.2) is 0 Å². The fraction of sp³-hybridized carbons (Fsp3) is 1.00. The van der Waals surface area contributed by atoms with Gasteiger partial charge in [-0.3, -0.25) is 0 Å². The smallest absolute Gasteiger partial charge is 0.0323 e. The highest BCUT2D eigenvalue weighted by Crippen LogP contribution is 2.63. The molecule has 3 saturated carbocycles. The van der Waals surface area contributed by atoms with Gasteiger partial charge in [-0.25, -0.2) is 0 Å². The molecule has 0 radical (unpaired) electrons. The third-order valence-electron chi connectivity index (χ3n) is 8.35. The van der Waals surface area contributed by atoms with Gasteiger partial charge in [0.1, 0.15) is 0 Å². The SMILES string of the molecule is CCCCC1C(C)CC(C)(C)C(C)C2C(C)C1C2CC(C)CC. The van der Waals surface area contributed by atoms with Gasteiger partial charge in [-0.05, 0) is 72.0 Å². The average molecular weight is 321 g/mol. The molecule has 23 heavy (non-hydrogen) atoms. The van der Waals surface area contributed by atoms with Crippen molar-refractivity contribution < 1.29 is 0 Å². The monoisotopic (exact) mass is 320 g/mol. The van der Waals surface area contributed by atoms with Crippen molar-refractivity contribution in [3.8, 4) is 0 Å². The minimum atomic E-state index is 0.516. The van der Waals surface area contributed by atoms with Crippen molar-refractivity contribution in [1.29, 1.82) is 0 Å². The van der Waals surface area contributed by atoms with E-state index in [1.165, 1.54) is 38.5 Å². The van der Waals surface area contributed by atoms with Crippen molar-refractivity contribution in [2.24, 2.45) is 52.8 Å². The molecule has 0 aromatic heterocycles. The lowest BCUT2D eigenvalue weighted by atomic mass is 9.42. The molecular weight excluding hydrogens is 276 g/mol. The molecule has 0 aromatic rings. The summed E-state index contributed by atoms with van der Waals surface area (Å²) in [4.78, 5) is 0. The number of hydrogen-bond donors (Lipinski definition) is 0. The summed E-state index contributed by atoms with van der Waals surface area (Å²) < 4.78 is 0. The average Bonchev–Trinajstić information content (AvgIpc) is 2.48. The van der Waals surface area contributed by atoms with Crippen LogP contribution in [-0.4, -0.2) is 0 Å². The van der Waals surface area contributed by atoms with Crippen LogP contribution in [0.4, 0.5) is 0 Å². The normalized spacial score (nSPS) is 44.1. The molecular formula is C23H44. The molecule has 3 aliphatic carbocycles. The maximum absolute atomic E-state index is 2.60. The van der Waals surface area contributed by atoms with Crippen molar-refractivity contribution >= 4 is 0 Å². The Morgan fingerprint density at radius 1 is 1.00 bits per heavy atom. The Morgan fingerprint density at radius 2 is 1.65 bits per heavy atom. The zero-order valence-corrected chi connectivity index (χ0v) is 17.4. The van der Waals surface area contributed by atoms with Crippen LogP contribution in [0.5, 0.6) is 0 Å². The van der Waals surface area contributed by atoms with Crippen LogP contribution in [0.1, 0.15) is 93.9 Å². The Bertz CT molecular complexity index is 368. The maximum Gasteiger partial charge on any atom is -0.0323 e. The summed E-state index contributed by atoms with van der Waals surface area (Å²) in [6.45, 7) is 20.1. The summed E-state index contributed by atoms with van der Waals surface area (Å²) in [7, 11) is 0. The topological polar surface area (TPSA) is 0 Å². The van der Waals surface area contributed by atoms with Crippen molar-refractivity contribution in [1.82, 2.24) is 0 Å². The fourth-order valence-electron chi connectivity index (χ4n) is 6.61. The highest BCUT2D eigenvalue weighted by atomic mass is 14.6. The van der Waals surface area contributed by atoms with E-state index < -0.39 is 0 Å². The first-order valence-electron chi connectivity index (χ1n) is 10.7. The number of unbranched alkanes of at least 4 members (excludes halogenated alkanes) is 1. The lowest BCUT2D eigenvalue weighted by molar-refractivity contribution is -0.151. The molecule has 0 heteroatoms. The molecule has 0 aromatic carbocycles. The quantitative estimate of drug-likeness (QED) is 0.477. The molecule has 0 heterocycles. The summed E-state index contributed by atoms with van der Waals surface area (Å²) in [6.07, 6.45) is 8.58. The minimum Gasteiger partial charge on any atom is -0.0654 e. The molecule has 0 spiro atoms. The first kappa shape index (κ1) is 19.3. The second kappa shape index (κ2) is 7.49. The molecule has 0 aliphatic heterocycles. The molecule has 0 nitrogen and oxygen atoms in total. The van der Waals surface area contributed by atoms with E-state index in [-0.39, 0.29) is 0 Å². The van der Waals surface area contributed by atoms with Crippen LogP contribution >= 0.6 is 0 Å². The third-order valence-corrected chi connectivity index (χ3v) is 8.35. The number of fused-ring (bicyclic) bond motifs is 4. The minimum absolute atomic E-state index is 0.516. The molecule has 0 saturated heterocycles. The highest BCUT2D eigenvalue weighted by molar-refractivity contribution is 5.05. The molecule has 136 valence electrons. The molecule has 2 bridgehead atoms. The second-order valence-corrected chi connectivity index (χ2v) is 10.2. The predicted molar refractivity (Wildman–Crippen MR) is 103 cm³/mol. The number of hydrogen-bond acceptors (Lipinski definition) is 0. The van der Waals surface area contributed by atoms with E-state index in [9.17, 15) is 0 Å². The molecule has 3 fully saturated rings. The zero-order chi connectivity index (χ0) is 17.4. The van der Waals surface area contributed by atoms with E-state index in [1.807, 2.05) is 0 Å². The van der Waals surface area contributed by atoms with Gasteiger partial charge < -0.3 is 0 Å². The summed E-state index contributed by atoms with van der Waals surface area (Å²) in [5.74, 6) is 7.68. The summed E-state index contributed by atoms with van der Waals surface area (Å²) in [5, 5.41) is 0.